The first-order chi connectivity index (χ1) is 19.6. The Morgan fingerprint density at radius 1 is 0.780 bits per heavy atom. The van der Waals surface area contributed by atoms with E-state index in [4.69, 9.17) is 46.4 Å². The molecule has 208 valence electrons. The molecule has 0 aliphatic carbocycles. The Balaban J connectivity index is 1.39. The summed E-state index contributed by atoms with van der Waals surface area (Å²) in [4.78, 5) is 39.5. The summed E-state index contributed by atoms with van der Waals surface area (Å²) in [5.41, 5.74) is 1.14. The van der Waals surface area contributed by atoms with Crippen LogP contribution in [0.5, 0.6) is 0 Å². The number of carbonyl (C=O) groups excluding carboxylic acids is 2. The molecule has 1 amide bonds. The molecule has 0 radical (unpaired) electrons. The Kier molecular flexibility index (Phi) is 8.55. The average Bonchev–Trinajstić information content (AvgIpc) is 3.31. The molecule has 0 aliphatic heterocycles. The van der Waals surface area contributed by atoms with Crippen molar-refractivity contribution in [2.75, 3.05) is 5.32 Å². The number of aromatic nitrogens is 1. The Morgan fingerprint density at radius 3 is 1.80 bits per heavy atom. The zero-order valence-corrected chi connectivity index (χ0v) is 25.1. The molecule has 5 rings (SSSR count). The largest absolute Gasteiger partial charge is 0.478 e. The number of nitrogens with one attached hydrogen (secondary N) is 1. The third-order valence-electron chi connectivity index (χ3n) is 6.55. The molecule has 11 heteroatoms. The van der Waals surface area contributed by atoms with Crippen LogP contribution >= 0.6 is 58.2 Å². The Hall–Kier alpha value is -3.20. The van der Waals surface area contributed by atoms with Crippen LogP contribution in [0.1, 0.15) is 38.9 Å². The number of hydrogen-bond donors (Lipinski definition) is 2. The number of anilines is 1. The lowest BCUT2D eigenvalue weighted by atomic mass is 10.1. The summed E-state index contributed by atoms with van der Waals surface area (Å²) in [6.45, 7) is 1.96. The normalized spacial score (nSPS) is 12.0. The summed E-state index contributed by atoms with van der Waals surface area (Å²) < 4.78 is 1.78. The third-order valence-corrected chi connectivity index (χ3v) is 9.71. The van der Waals surface area contributed by atoms with Gasteiger partial charge in [0.25, 0.3) is 5.91 Å². The number of carboxylic acid groups (broad SMARTS) is 1. The van der Waals surface area contributed by atoms with Crippen molar-refractivity contribution in [3.8, 4) is 0 Å². The van der Waals surface area contributed by atoms with Crippen LogP contribution in [-0.4, -0.2) is 32.7 Å². The average molecular weight is 646 g/mol. The van der Waals surface area contributed by atoms with Crippen molar-refractivity contribution in [2.45, 2.75) is 23.5 Å². The van der Waals surface area contributed by atoms with Gasteiger partial charge in [-0.05, 0) is 42.8 Å². The molecule has 1 aromatic heterocycles. The molecule has 1 heterocycles. The van der Waals surface area contributed by atoms with E-state index in [0.29, 0.717) is 12.1 Å². The number of fused-ring (bicyclic) bond motifs is 3. The van der Waals surface area contributed by atoms with Crippen molar-refractivity contribution in [1.82, 2.24) is 4.57 Å². The predicted molar refractivity (Wildman–Crippen MR) is 168 cm³/mol. The maximum Gasteiger partial charge on any atom is 0.338 e. The van der Waals surface area contributed by atoms with Gasteiger partial charge in [0, 0.05) is 21.4 Å². The lowest BCUT2D eigenvalue weighted by Crippen LogP contribution is -2.23. The molecule has 0 aliphatic rings. The minimum atomic E-state index is -1.48. The van der Waals surface area contributed by atoms with Crippen molar-refractivity contribution in [3.05, 3.63) is 104 Å². The van der Waals surface area contributed by atoms with E-state index < -0.39 is 23.0 Å². The van der Waals surface area contributed by atoms with Gasteiger partial charge in [-0.2, -0.15) is 0 Å². The fraction of sp³-hybridized carbons (Fsp3) is 0.100. The molecular weight excluding hydrogens is 626 g/mol. The topological polar surface area (TPSA) is 88.4 Å². The second-order valence-electron chi connectivity index (χ2n) is 9.01. The van der Waals surface area contributed by atoms with Crippen molar-refractivity contribution in [3.63, 3.8) is 0 Å². The second kappa shape index (κ2) is 12.0. The SMILES string of the molecule is CCC(Sc1ccc(NC(=O)c2c(Cl)c(Cl)c(Cl)c(Cl)c2C(=O)O)cc1)C(=O)n1c2ccccc2c2ccccc21. The van der Waals surface area contributed by atoms with Crippen LogP contribution in [0.2, 0.25) is 20.1 Å². The zero-order valence-electron chi connectivity index (χ0n) is 21.3. The van der Waals surface area contributed by atoms with Gasteiger partial charge in [-0.3, -0.25) is 14.2 Å². The highest BCUT2D eigenvalue weighted by Crippen LogP contribution is 2.42. The molecule has 2 N–H and O–H groups in total. The van der Waals surface area contributed by atoms with Crippen molar-refractivity contribution >= 4 is 103 Å². The van der Waals surface area contributed by atoms with Crippen LogP contribution in [-0.2, 0) is 0 Å². The molecular formula is C30H20Cl4N2O4S. The van der Waals surface area contributed by atoms with Crippen LogP contribution in [0.4, 0.5) is 5.69 Å². The Labute approximate surface area is 259 Å². The predicted octanol–water partition coefficient (Wildman–Crippen LogP) is 9.57. The number of nitrogens with zero attached hydrogens (tertiary/aromatic N) is 1. The number of halogens is 4. The number of hydrogen-bond acceptors (Lipinski definition) is 4. The smallest absolute Gasteiger partial charge is 0.338 e. The van der Waals surface area contributed by atoms with E-state index in [2.05, 4.69) is 5.32 Å². The van der Waals surface area contributed by atoms with Crippen LogP contribution in [0.25, 0.3) is 21.8 Å². The highest BCUT2D eigenvalue weighted by atomic mass is 35.5. The van der Waals surface area contributed by atoms with E-state index in [9.17, 15) is 19.5 Å². The molecule has 0 bridgehead atoms. The third kappa shape index (κ3) is 5.41. The van der Waals surface area contributed by atoms with Gasteiger partial charge >= 0.3 is 5.97 Å². The first-order valence-corrected chi connectivity index (χ1v) is 14.7. The van der Waals surface area contributed by atoms with E-state index in [1.165, 1.54) is 11.8 Å². The Bertz CT molecular complexity index is 1800. The first kappa shape index (κ1) is 29.3. The van der Waals surface area contributed by atoms with Crippen LogP contribution in [0.3, 0.4) is 0 Å². The Morgan fingerprint density at radius 2 is 1.29 bits per heavy atom. The number of carboxylic acids is 1. The second-order valence-corrected chi connectivity index (χ2v) is 11.8. The van der Waals surface area contributed by atoms with Gasteiger partial charge in [-0.1, -0.05) is 89.7 Å². The van der Waals surface area contributed by atoms with Gasteiger partial charge in [0.2, 0.25) is 5.91 Å². The molecule has 6 nitrogen and oxygen atoms in total. The highest BCUT2D eigenvalue weighted by Gasteiger charge is 2.29. The van der Waals surface area contributed by atoms with Gasteiger partial charge in [0.15, 0.2) is 0 Å². The zero-order chi connectivity index (χ0) is 29.4. The molecule has 0 spiro atoms. The van der Waals surface area contributed by atoms with E-state index in [1.54, 1.807) is 28.8 Å². The number of aromatic carboxylic acids is 1. The van der Waals surface area contributed by atoms with Gasteiger partial charge in [-0.15, -0.1) is 11.8 Å². The van der Waals surface area contributed by atoms with Crippen LogP contribution in [0.15, 0.2) is 77.7 Å². The minimum absolute atomic E-state index is 0.0281. The van der Waals surface area contributed by atoms with E-state index in [-0.39, 0.29) is 31.2 Å². The number of amides is 1. The molecule has 0 saturated heterocycles. The molecule has 0 saturated carbocycles. The van der Waals surface area contributed by atoms with Gasteiger partial charge in [-0.25, -0.2) is 4.79 Å². The molecule has 41 heavy (non-hydrogen) atoms. The lowest BCUT2D eigenvalue weighted by molar-refractivity contribution is 0.0692. The maximum absolute atomic E-state index is 13.8. The first-order valence-electron chi connectivity index (χ1n) is 12.3. The van der Waals surface area contributed by atoms with E-state index in [1.807, 2.05) is 55.5 Å². The molecule has 1 unspecified atom stereocenters. The summed E-state index contributed by atoms with van der Waals surface area (Å²) in [5.74, 6) is -2.33. The maximum atomic E-state index is 13.8. The number of para-hydroxylation sites is 2. The van der Waals surface area contributed by atoms with Crippen LogP contribution in [0, 0.1) is 0 Å². The highest BCUT2D eigenvalue weighted by molar-refractivity contribution is 8.00. The molecule has 5 aromatic rings. The van der Waals surface area contributed by atoms with E-state index in [0.717, 1.165) is 26.7 Å². The summed E-state index contributed by atoms with van der Waals surface area (Å²) in [7, 11) is 0. The quantitative estimate of drug-likeness (QED) is 0.105. The standard InChI is InChI=1S/C30H20Cl4N2O4S/c1-2-21(29(38)36-19-9-5-3-7-17(19)18-8-4-6-10-20(18)36)41-16-13-11-15(12-14-16)35-28(37)22-23(30(39)40)25(32)27(34)26(33)24(22)31/h3-14,21H,2H2,1H3,(H,35,37)(H,39,40). The lowest BCUT2D eigenvalue weighted by Gasteiger charge is -2.16. The van der Waals surface area contributed by atoms with Gasteiger partial charge in [0.1, 0.15) is 0 Å². The molecule has 1 atom stereocenters. The minimum Gasteiger partial charge on any atom is -0.478 e. The van der Waals surface area contributed by atoms with Crippen LogP contribution < -0.4 is 5.32 Å². The number of rotatable bonds is 7. The molecule has 0 fully saturated rings. The number of thioether (sulfide) groups is 1. The fourth-order valence-electron chi connectivity index (χ4n) is 4.63. The summed E-state index contributed by atoms with van der Waals surface area (Å²) >= 11 is 25.7. The summed E-state index contributed by atoms with van der Waals surface area (Å²) in [6, 6.07) is 22.5. The van der Waals surface area contributed by atoms with Crippen molar-refractivity contribution in [1.29, 1.82) is 0 Å². The van der Waals surface area contributed by atoms with Crippen molar-refractivity contribution in [2.24, 2.45) is 0 Å². The number of benzene rings is 4. The van der Waals surface area contributed by atoms with E-state index >= 15 is 0 Å². The summed E-state index contributed by atoms with van der Waals surface area (Å²) in [6.07, 6.45) is 0.595. The van der Waals surface area contributed by atoms with Gasteiger partial charge in [0.05, 0.1) is 47.5 Å². The monoisotopic (exact) mass is 644 g/mol. The fourth-order valence-corrected chi connectivity index (χ4v) is 6.65. The number of carbonyl (C=O) groups is 3. The van der Waals surface area contributed by atoms with Crippen molar-refractivity contribution < 1.29 is 19.5 Å². The summed E-state index contributed by atoms with van der Waals surface area (Å²) in [5, 5.41) is 12.7. The molecule has 4 aromatic carbocycles. The van der Waals surface area contributed by atoms with Gasteiger partial charge < -0.3 is 10.4 Å².